The normalized spacial score (nSPS) is 22.4. The molecule has 184 valence electrons. The largest absolute Gasteiger partial charge is 0.453 e. The fourth-order valence-electron chi connectivity index (χ4n) is 4.03. The van der Waals surface area contributed by atoms with Crippen molar-refractivity contribution in [1.29, 1.82) is 0 Å². The summed E-state index contributed by atoms with van der Waals surface area (Å²) in [6, 6.07) is 0.285. The van der Waals surface area contributed by atoms with E-state index in [9.17, 15) is 36.2 Å². The molecule has 4 atom stereocenters. The Labute approximate surface area is 188 Å². The molecule has 4 unspecified atom stereocenters. The summed E-state index contributed by atoms with van der Waals surface area (Å²) in [5.74, 6) is 2.20. The first-order chi connectivity index (χ1) is 15.3. The summed E-state index contributed by atoms with van der Waals surface area (Å²) in [5.41, 5.74) is -3.23. The summed E-state index contributed by atoms with van der Waals surface area (Å²) in [6.45, 7) is 1.38. The number of halogens is 6. The summed E-state index contributed by atoms with van der Waals surface area (Å²) in [7, 11) is 1.08. The van der Waals surface area contributed by atoms with Crippen LogP contribution in [-0.4, -0.2) is 47.4 Å². The fourth-order valence-corrected chi connectivity index (χ4v) is 4.03. The molecule has 33 heavy (non-hydrogen) atoms. The number of terminal acetylenes is 1. The molecule has 11 heteroatoms. The number of piperidine rings is 1. The van der Waals surface area contributed by atoms with Crippen LogP contribution in [0.2, 0.25) is 0 Å². The zero-order valence-electron chi connectivity index (χ0n) is 18.1. The van der Waals surface area contributed by atoms with E-state index in [0.717, 1.165) is 12.0 Å². The number of hydrogen-bond acceptors (Lipinski definition) is 4. The van der Waals surface area contributed by atoms with Crippen molar-refractivity contribution in [3.8, 4) is 12.3 Å². The zero-order chi connectivity index (χ0) is 25.0. The number of methoxy groups -OCH3 is 1. The number of amides is 1. The number of carbonyl (C=O) groups excluding carboxylic acids is 1. The number of carbonyl (C=O) groups is 1. The summed E-state index contributed by atoms with van der Waals surface area (Å²) in [5, 5.41) is 13.1. The highest BCUT2D eigenvalue weighted by Gasteiger charge is 2.38. The molecule has 0 aromatic heterocycles. The predicted octanol–water partition coefficient (Wildman–Crippen LogP) is 4.58. The van der Waals surface area contributed by atoms with Crippen LogP contribution in [0.3, 0.4) is 0 Å². The molecule has 1 aromatic rings. The van der Waals surface area contributed by atoms with Gasteiger partial charge in [-0.1, -0.05) is 12.8 Å². The van der Waals surface area contributed by atoms with Gasteiger partial charge in [-0.3, -0.25) is 0 Å². The molecule has 0 saturated carbocycles. The van der Waals surface area contributed by atoms with E-state index in [0.29, 0.717) is 25.0 Å². The first kappa shape index (κ1) is 26.8. The number of alkyl halides is 6. The molecule has 2 rings (SSSR count). The molecule has 1 heterocycles. The van der Waals surface area contributed by atoms with Crippen molar-refractivity contribution in [3.05, 3.63) is 34.9 Å². The van der Waals surface area contributed by atoms with Crippen molar-refractivity contribution < 1.29 is 41.0 Å². The van der Waals surface area contributed by atoms with E-state index < -0.39 is 48.3 Å². The van der Waals surface area contributed by atoms with Gasteiger partial charge in [0, 0.05) is 24.7 Å². The van der Waals surface area contributed by atoms with E-state index >= 15 is 0 Å². The fraction of sp³-hybridized carbons (Fsp3) is 0.591. The Balaban J connectivity index is 2.41. The van der Waals surface area contributed by atoms with Gasteiger partial charge in [0.2, 0.25) is 0 Å². The average Bonchev–Trinajstić information content (AvgIpc) is 2.75. The topological polar surface area (TPSA) is 61.8 Å². The lowest BCUT2D eigenvalue weighted by Crippen LogP contribution is -2.54. The Bertz CT molecular complexity index is 833. The monoisotopic (exact) mass is 480 g/mol. The molecule has 0 radical (unpaired) electrons. The van der Waals surface area contributed by atoms with Gasteiger partial charge in [-0.15, -0.1) is 6.42 Å². The molecule has 1 amide bonds. The van der Waals surface area contributed by atoms with Crippen LogP contribution in [0.25, 0.3) is 0 Å². The Morgan fingerprint density at radius 2 is 1.73 bits per heavy atom. The van der Waals surface area contributed by atoms with E-state index in [1.807, 2.05) is 6.92 Å². The number of nitrogens with one attached hydrogen (secondary N) is 1. The molecule has 1 aromatic carbocycles. The van der Waals surface area contributed by atoms with Crippen LogP contribution in [0, 0.1) is 12.3 Å². The lowest BCUT2D eigenvalue weighted by molar-refractivity contribution is -0.143. The third kappa shape index (κ3) is 7.27. The second kappa shape index (κ2) is 10.7. The average molecular weight is 480 g/mol. The van der Waals surface area contributed by atoms with Crippen LogP contribution in [0.1, 0.15) is 49.3 Å². The highest BCUT2D eigenvalue weighted by molar-refractivity contribution is 5.68. The number of hydrogen-bond donors (Lipinski definition) is 2. The van der Waals surface area contributed by atoms with Crippen molar-refractivity contribution in [2.24, 2.45) is 0 Å². The summed E-state index contributed by atoms with van der Waals surface area (Å²) >= 11 is 0. The maximum atomic E-state index is 13.2. The van der Waals surface area contributed by atoms with Gasteiger partial charge in [0.15, 0.2) is 0 Å². The number of aliphatic hydroxyl groups is 1. The van der Waals surface area contributed by atoms with Gasteiger partial charge < -0.3 is 20.1 Å². The zero-order valence-corrected chi connectivity index (χ0v) is 18.1. The van der Waals surface area contributed by atoms with Crippen molar-refractivity contribution >= 4 is 6.09 Å². The van der Waals surface area contributed by atoms with Crippen molar-refractivity contribution in [3.63, 3.8) is 0 Å². The van der Waals surface area contributed by atoms with Gasteiger partial charge in [-0.05, 0) is 49.4 Å². The Hall–Kier alpha value is -2.45. The predicted molar refractivity (Wildman–Crippen MR) is 108 cm³/mol. The smallest absolute Gasteiger partial charge is 0.416 e. The van der Waals surface area contributed by atoms with Gasteiger partial charge in [0.05, 0.1) is 18.2 Å². The minimum atomic E-state index is -5.00. The van der Waals surface area contributed by atoms with E-state index in [4.69, 9.17) is 11.2 Å². The van der Waals surface area contributed by atoms with Gasteiger partial charge in [-0.2, -0.15) is 26.3 Å². The maximum Gasteiger partial charge on any atom is 0.416 e. The molecule has 0 bridgehead atoms. The second-order valence-electron chi connectivity index (χ2n) is 8.02. The highest BCUT2D eigenvalue weighted by Crippen LogP contribution is 2.37. The molecule has 0 spiro atoms. The second-order valence-corrected chi connectivity index (χ2v) is 8.02. The minimum Gasteiger partial charge on any atom is -0.453 e. The molecule has 1 aliphatic heterocycles. The molecule has 1 fully saturated rings. The number of rotatable bonds is 6. The summed E-state index contributed by atoms with van der Waals surface area (Å²) < 4.78 is 84.2. The number of nitrogens with zero attached hydrogens (tertiary/aromatic N) is 1. The number of ether oxygens (including phenoxy) is 1. The van der Waals surface area contributed by atoms with E-state index in [1.54, 1.807) is 0 Å². The quantitative estimate of drug-likeness (QED) is 0.463. The standard InChI is InChI=1S/C22H26F6N2O3/c1-4-16-9-18(10-17(29-16)11-19(31)5-2)30(20(32)33-3)12-13-6-14(21(23,24)25)8-15(7-13)22(26,27)28/h2,6-8,16-19,29,31H,4,9-12H2,1,3H3. The van der Waals surface area contributed by atoms with Gasteiger partial charge >= 0.3 is 18.4 Å². The number of aliphatic hydroxyl groups excluding tert-OH is 1. The first-order valence-electron chi connectivity index (χ1n) is 10.3. The molecular weight excluding hydrogens is 454 g/mol. The van der Waals surface area contributed by atoms with Crippen LogP contribution in [-0.2, 0) is 23.6 Å². The van der Waals surface area contributed by atoms with Crippen LogP contribution >= 0.6 is 0 Å². The number of benzene rings is 1. The summed E-state index contributed by atoms with van der Waals surface area (Å²) in [4.78, 5) is 13.6. The van der Waals surface area contributed by atoms with Gasteiger partial charge in [0.1, 0.15) is 6.10 Å². The van der Waals surface area contributed by atoms with Crippen LogP contribution in [0.15, 0.2) is 18.2 Å². The van der Waals surface area contributed by atoms with Crippen LogP contribution in [0.5, 0.6) is 0 Å². The van der Waals surface area contributed by atoms with Gasteiger partial charge in [-0.25, -0.2) is 4.79 Å². The molecular formula is C22H26F6N2O3. The highest BCUT2D eigenvalue weighted by atomic mass is 19.4. The van der Waals surface area contributed by atoms with E-state index in [1.165, 1.54) is 0 Å². The van der Waals surface area contributed by atoms with E-state index in [-0.39, 0.29) is 36.6 Å². The van der Waals surface area contributed by atoms with Crippen LogP contribution < -0.4 is 5.32 Å². The first-order valence-corrected chi connectivity index (χ1v) is 10.3. The minimum absolute atomic E-state index is 0.0425. The van der Waals surface area contributed by atoms with Crippen molar-refractivity contribution in [1.82, 2.24) is 10.2 Å². The maximum absolute atomic E-state index is 13.2. The molecule has 1 saturated heterocycles. The lowest BCUT2D eigenvalue weighted by atomic mass is 9.88. The molecule has 2 N–H and O–H groups in total. The lowest BCUT2D eigenvalue weighted by Gasteiger charge is -2.41. The van der Waals surface area contributed by atoms with E-state index in [2.05, 4.69) is 11.2 Å². The van der Waals surface area contributed by atoms with Crippen molar-refractivity contribution in [2.75, 3.05) is 7.11 Å². The SMILES string of the molecule is C#CC(O)CC1CC(N(Cc2cc(C(F)(F)F)cc(C(F)(F)F)c2)C(=O)OC)CC(CC)N1. The van der Waals surface area contributed by atoms with Crippen LogP contribution in [0.4, 0.5) is 31.1 Å². The Morgan fingerprint density at radius 3 is 2.18 bits per heavy atom. The Kier molecular flexibility index (Phi) is 8.65. The summed E-state index contributed by atoms with van der Waals surface area (Å²) in [6.07, 6.45) is -5.16. The molecule has 0 aliphatic carbocycles. The molecule has 5 nitrogen and oxygen atoms in total. The van der Waals surface area contributed by atoms with Gasteiger partial charge in [0.25, 0.3) is 0 Å². The Morgan fingerprint density at radius 1 is 1.18 bits per heavy atom. The third-order valence-electron chi connectivity index (χ3n) is 5.63. The molecule has 1 aliphatic rings. The van der Waals surface area contributed by atoms with Crippen molar-refractivity contribution in [2.45, 2.75) is 75.7 Å². The third-order valence-corrected chi connectivity index (χ3v) is 5.63.